The smallest absolute Gasteiger partial charge is 0.337 e. The predicted molar refractivity (Wildman–Crippen MR) is 87.3 cm³/mol. The second kappa shape index (κ2) is 7.06. The van der Waals surface area contributed by atoms with Crippen LogP contribution in [0, 0.1) is 0 Å². The molecular formula is C15H14ClNO6S. The number of sulfone groups is 1. The maximum atomic E-state index is 12.0. The van der Waals surface area contributed by atoms with E-state index in [0.29, 0.717) is 5.56 Å². The number of pyridine rings is 1. The Labute approximate surface area is 143 Å². The van der Waals surface area contributed by atoms with Crippen molar-refractivity contribution < 1.29 is 22.7 Å². The molecule has 0 aliphatic heterocycles. The molecule has 2 aromatic rings. The number of carbonyl (C=O) groups is 1. The molecule has 0 aliphatic rings. The number of aromatic amines is 1. The van der Waals surface area contributed by atoms with Crippen LogP contribution in [-0.4, -0.2) is 32.7 Å². The fourth-order valence-corrected chi connectivity index (χ4v) is 3.06. The molecule has 128 valence electrons. The third-order valence-electron chi connectivity index (χ3n) is 3.10. The van der Waals surface area contributed by atoms with Crippen LogP contribution in [0.5, 0.6) is 5.75 Å². The van der Waals surface area contributed by atoms with Gasteiger partial charge in [-0.1, -0.05) is 17.7 Å². The van der Waals surface area contributed by atoms with Crippen molar-refractivity contribution in [3.8, 4) is 5.75 Å². The lowest BCUT2D eigenvalue weighted by Crippen LogP contribution is -2.13. The van der Waals surface area contributed by atoms with Gasteiger partial charge in [-0.15, -0.1) is 0 Å². The molecule has 1 aromatic carbocycles. The molecule has 1 N–H and O–H groups in total. The molecular weight excluding hydrogens is 358 g/mol. The van der Waals surface area contributed by atoms with Gasteiger partial charge in [0.25, 0.3) is 5.56 Å². The third kappa shape index (κ3) is 4.15. The number of benzene rings is 1. The molecule has 1 aromatic heterocycles. The Bertz CT molecular complexity index is 935. The fraction of sp³-hybridized carbons (Fsp3) is 0.200. The molecule has 0 bridgehead atoms. The summed E-state index contributed by atoms with van der Waals surface area (Å²) < 4.78 is 33.8. The molecule has 0 atom stereocenters. The fourth-order valence-electron chi connectivity index (χ4n) is 1.96. The first-order valence-corrected chi connectivity index (χ1v) is 8.91. The molecule has 0 saturated heterocycles. The van der Waals surface area contributed by atoms with E-state index in [2.05, 4.69) is 9.72 Å². The van der Waals surface area contributed by atoms with Crippen molar-refractivity contribution in [2.24, 2.45) is 0 Å². The highest BCUT2D eigenvalue weighted by Crippen LogP contribution is 2.21. The highest BCUT2D eigenvalue weighted by atomic mass is 35.5. The first-order valence-electron chi connectivity index (χ1n) is 6.64. The second-order valence-electron chi connectivity index (χ2n) is 4.89. The van der Waals surface area contributed by atoms with Crippen LogP contribution < -0.4 is 10.3 Å². The summed E-state index contributed by atoms with van der Waals surface area (Å²) in [6.45, 7) is -0.187. The monoisotopic (exact) mass is 371 g/mol. The van der Waals surface area contributed by atoms with E-state index in [0.717, 1.165) is 6.26 Å². The lowest BCUT2D eigenvalue weighted by atomic mass is 10.1. The first-order chi connectivity index (χ1) is 11.2. The van der Waals surface area contributed by atoms with Crippen molar-refractivity contribution in [1.29, 1.82) is 0 Å². The summed E-state index contributed by atoms with van der Waals surface area (Å²) in [6.07, 6.45) is 2.32. The zero-order valence-corrected chi connectivity index (χ0v) is 14.4. The summed E-state index contributed by atoms with van der Waals surface area (Å²) in [5.74, 6) is -0.697. The van der Waals surface area contributed by atoms with Crippen molar-refractivity contribution in [2.75, 3.05) is 13.4 Å². The quantitative estimate of drug-likeness (QED) is 0.804. The predicted octanol–water partition coefficient (Wildman–Crippen LogP) is 1.80. The molecule has 2 rings (SSSR count). The van der Waals surface area contributed by atoms with Crippen molar-refractivity contribution in [2.45, 2.75) is 11.5 Å². The number of ether oxygens (including phenoxy) is 2. The van der Waals surface area contributed by atoms with Crippen LogP contribution in [-0.2, 0) is 21.2 Å². The van der Waals surface area contributed by atoms with Gasteiger partial charge in [-0.3, -0.25) is 4.79 Å². The second-order valence-corrected chi connectivity index (χ2v) is 7.31. The van der Waals surface area contributed by atoms with Gasteiger partial charge in [0, 0.05) is 24.1 Å². The zero-order valence-electron chi connectivity index (χ0n) is 12.8. The summed E-state index contributed by atoms with van der Waals surface area (Å²) in [7, 11) is -2.42. The number of rotatable bonds is 5. The Morgan fingerprint density at radius 2 is 2.00 bits per heavy atom. The molecule has 9 heteroatoms. The van der Waals surface area contributed by atoms with E-state index in [9.17, 15) is 18.0 Å². The molecule has 0 aliphatic carbocycles. The highest BCUT2D eigenvalue weighted by molar-refractivity contribution is 7.90. The first kappa shape index (κ1) is 18.0. The van der Waals surface area contributed by atoms with Crippen LogP contribution in [0.15, 0.2) is 40.2 Å². The average molecular weight is 372 g/mol. The minimum Gasteiger partial charge on any atom is -0.483 e. The number of hydrogen-bond donors (Lipinski definition) is 1. The van der Waals surface area contributed by atoms with Gasteiger partial charge in [0.05, 0.1) is 22.6 Å². The highest BCUT2D eigenvalue weighted by Gasteiger charge is 2.18. The number of nitrogens with one attached hydrogen (secondary N) is 1. The van der Waals surface area contributed by atoms with Crippen molar-refractivity contribution in [1.82, 2.24) is 4.98 Å². The summed E-state index contributed by atoms with van der Waals surface area (Å²) in [5.41, 5.74) is -0.0988. The van der Waals surface area contributed by atoms with Crippen LogP contribution in [0.1, 0.15) is 15.9 Å². The van der Waals surface area contributed by atoms with Crippen LogP contribution in [0.3, 0.4) is 0 Å². The van der Waals surface area contributed by atoms with Gasteiger partial charge >= 0.3 is 5.97 Å². The number of halogens is 1. The lowest BCUT2D eigenvalue weighted by Gasteiger charge is -2.11. The van der Waals surface area contributed by atoms with Crippen LogP contribution >= 0.6 is 11.6 Å². The van der Waals surface area contributed by atoms with E-state index < -0.39 is 21.4 Å². The van der Waals surface area contributed by atoms with Crippen LogP contribution in [0.4, 0.5) is 0 Å². The Morgan fingerprint density at radius 3 is 2.62 bits per heavy atom. The van der Waals surface area contributed by atoms with Crippen LogP contribution in [0.25, 0.3) is 0 Å². The van der Waals surface area contributed by atoms with E-state index in [1.54, 1.807) is 0 Å². The topological polar surface area (TPSA) is 103 Å². The van der Waals surface area contributed by atoms with Crippen molar-refractivity contribution in [3.63, 3.8) is 0 Å². The largest absolute Gasteiger partial charge is 0.483 e. The molecule has 24 heavy (non-hydrogen) atoms. The van der Waals surface area contributed by atoms with Gasteiger partial charge in [-0.2, -0.15) is 0 Å². The maximum absolute atomic E-state index is 12.0. The molecule has 0 spiro atoms. The summed E-state index contributed by atoms with van der Waals surface area (Å²) in [4.78, 5) is 25.5. The minimum absolute atomic E-state index is 0.0426. The number of hydrogen-bond acceptors (Lipinski definition) is 6. The third-order valence-corrected chi connectivity index (χ3v) is 4.50. The van der Waals surface area contributed by atoms with Gasteiger partial charge in [-0.05, 0) is 12.1 Å². The molecule has 0 saturated carbocycles. The number of methoxy groups -OCH3 is 1. The minimum atomic E-state index is -3.62. The number of carbonyl (C=O) groups excluding carboxylic acids is 1. The average Bonchev–Trinajstić information content (AvgIpc) is 2.54. The van der Waals surface area contributed by atoms with Gasteiger partial charge in [-0.25, -0.2) is 13.2 Å². The lowest BCUT2D eigenvalue weighted by molar-refractivity contribution is 0.0600. The number of esters is 1. The molecule has 1 heterocycles. The van der Waals surface area contributed by atoms with Gasteiger partial charge in [0.1, 0.15) is 6.61 Å². The number of aromatic nitrogens is 1. The van der Waals surface area contributed by atoms with Gasteiger partial charge in [0.15, 0.2) is 15.6 Å². The molecule has 7 nitrogen and oxygen atoms in total. The van der Waals surface area contributed by atoms with Crippen molar-refractivity contribution in [3.05, 3.63) is 57.0 Å². The van der Waals surface area contributed by atoms with Gasteiger partial charge in [0.2, 0.25) is 0 Å². The van der Waals surface area contributed by atoms with Gasteiger partial charge < -0.3 is 14.5 Å². The normalized spacial score (nSPS) is 11.1. The Hall–Kier alpha value is -2.32. The summed E-state index contributed by atoms with van der Waals surface area (Å²) >= 11 is 5.78. The van der Waals surface area contributed by atoms with E-state index in [4.69, 9.17) is 16.3 Å². The molecule has 0 unspecified atom stereocenters. The summed E-state index contributed by atoms with van der Waals surface area (Å²) in [5, 5.41) is 0.272. The molecule has 0 radical (unpaired) electrons. The van der Waals surface area contributed by atoms with E-state index in [1.807, 2.05) is 0 Å². The Kier molecular flexibility index (Phi) is 5.30. The van der Waals surface area contributed by atoms with E-state index >= 15 is 0 Å². The Morgan fingerprint density at radius 1 is 1.29 bits per heavy atom. The maximum Gasteiger partial charge on any atom is 0.337 e. The number of H-pyrrole nitrogens is 1. The standard InChI is InChI=1S/C15H14ClNO6S/c1-22-15(19)9-3-4-10(13(5-9)24(2,20)21)8-23-12-6-11(16)7-17-14(12)18/h3-7H,8H2,1-2H3,(H,17,18). The molecule has 0 fully saturated rings. The summed E-state index contributed by atoms with van der Waals surface area (Å²) in [6, 6.07) is 5.38. The zero-order chi connectivity index (χ0) is 17.9. The SMILES string of the molecule is COC(=O)c1ccc(COc2cc(Cl)c[nH]c2=O)c(S(C)(=O)=O)c1. The Balaban J connectivity index is 2.38. The van der Waals surface area contributed by atoms with E-state index in [1.165, 1.54) is 37.6 Å². The van der Waals surface area contributed by atoms with Crippen LogP contribution in [0.2, 0.25) is 5.02 Å². The van der Waals surface area contributed by atoms with E-state index in [-0.39, 0.29) is 27.8 Å². The van der Waals surface area contributed by atoms with Crippen molar-refractivity contribution >= 4 is 27.4 Å². The molecule has 0 amide bonds.